The number of aromatic nitrogens is 4. The molecule has 8 nitrogen and oxygen atoms in total. The molecule has 4 rings (SSSR count). The molecular formula is C19H22N4O4. The van der Waals surface area contributed by atoms with Crippen molar-refractivity contribution in [2.24, 2.45) is 0 Å². The number of para-hydroxylation sites is 1. The Labute approximate surface area is 155 Å². The molecule has 1 aliphatic heterocycles. The maximum Gasteiger partial charge on any atom is 0.337 e. The molecule has 2 aromatic heterocycles. The molecule has 0 spiro atoms. The second kappa shape index (κ2) is 7.50. The number of benzene rings is 1. The van der Waals surface area contributed by atoms with E-state index in [1.54, 1.807) is 18.0 Å². The first-order valence-corrected chi connectivity index (χ1v) is 9.07. The van der Waals surface area contributed by atoms with E-state index in [-0.39, 0.29) is 18.2 Å². The number of fused-ring (bicyclic) bond motifs is 1. The van der Waals surface area contributed by atoms with Gasteiger partial charge in [-0.05, 0) is 25.0 Å². The third-order valence-corrected chi connectivity index (χ3v) is 4.86. The van der Waals surface area contributed by atoms with Crippen LogP contribution in [0.2, 0.25) is 0 Å². The SMILES string of the molecule is COCCn1cnc2c1c(=O)n(CC1CCCO1)c(=O)n2-c1ccccc1. The van der Waals surface area contributed by atoms with Crippen LogP contribution in [0.3, 0.4) is 0 Å². The Morgan fingerprint density at radius 2 is 2.07 bits per heavy atom. The fourth-order valence-corrected chi connectivity index (χ4v) is 3.50. The topological polar surface area (TPSA) is 80.3 Å². The van der Waals surface area contributed by atoms with Crippen LogP contribution in [0.4, 0.5) is 0 Å². The summed E-state index contributed by atoms with van der Waals surface area (Å²) < 4.78 is 15.3. The van der Waals surface area contributed by atoms with Crippen molar-refractivity contribution in [2.45, 2.75) is 32.0 Å². The van der Waals surface area contributed by atoms with E-state index in [1.807, 2.05) is 30.3 Å². The predicted molar refractivity (Wildman–Crippen MR) is 100 cm³/mol. The lowest BCUT2D eigenvalue weighted by Gasteiger charge is -2.15. The van der Waals surface area contributed by atoms with Gasteiger partial charge in [-0.1, -0.05) is 18.2 Å². The van der Waals surface area contributed by atoms with Gasteiger partial charge in [0, 0.05) is 20.3 Å². The summed E-state index contributed by atoms with van der Waals surface area (Å²) in [5.74, 6) is 0. The summed E-state index contributed by atoms with van der Waals surface area (Å²) in [6, 6.07) is 9.24. The minimum absolute atomic E-state index is 0.118. The molecule has 27 heavy (non-hydrogen) atoms. The van der Waals surface area contributed by atoms with E-state index < -0.39 is 5.69 Å². The van der Waals surface area contributed by atoms with Gasteiger partial charge >= 0.3 is 5.69 Å². The van der Waals surface area contributed by atoms with Gasteiger partial charge in [-0.15, -0.1) is 0 Å². The molecule has 0 radical (unpaired) electrons. The number of imidazole rings is 1. The molecule has 1 atom stereocenters. The third kappa shape index (κ3) is 3.22. The highest BCUT2D eigenvalue weighted by atomic mass is 16.5. The second-order valence-corrected chi connectivity index (χ2v) is 6.61. The van der Waals surface area contributed by atoms with Gasteiger partial charge in [0.1, 0.15) is 0 Å². The van der Waals surface area contributed by atoms with Crippen molar-refractivity contribution < 1.29 is 9.47 Å². The molecular weight excluding hydrogens is 348 g/mol. The van der Waals surface area contributed by atoms with Crippen LogP contribution in [-0.4, -0.2) is 45.1 Å². The van der Waals surface area contributed by atoms with Crippen LogP contribution in [0.25, 0.3) is 16.9 Å². The quantitative estimate of drug-likeness (QED) is 0.651. The van der Waals surface area contributed by atoms with E-state index in [0.29, 0.717) is 36.6 Å². The van der Waals surface area contributed by atoms with Crippen molar-refractivity contribution in [3.63, 3.8) is 0 Å². The summed E-state index contributed by atoms with van der Waals surface area (Å²) in [6.45, 7) is 1.84. The maximum atomic E-state index is 13.2. The first kappa shape index (κ1) is 17.7. The van der Waals surface area contributed by atoms with Crippen molar-refractivity contribution in [3.8, 4) is 5.69 Å². The molecule has 1 aliphatic rings. The molecule has 0 bridgehead atoms. The Kier molecular flexibility index (Phi) is 4.91. The average molecular weight is 370 g/mol. The minimum atomic E-state index is -0.397. The van der Waals surface area contributed by atoms with E-state index in [9.17, 15) is 9.59 Å². The van der Waals surface area contributed by atoms with E-state index in [1.165, 1.54) is 9.13 Å². The zero-order chi connectivity index (χ0) is 18.8. The monoisotopic (exact) mass is 370 g/mol. The normalized spacial score (nSPS) is 17.0. The maximum absolute atomic E-state index is 13.2. The summed E-state index contributed by atoms with van der Waals surface area (Å²) in [7, 11) is 1.61. The van der Waals surface area contributed by atoms with Crippen LogP contribution >= 0.6 is 0 Å². The molecule has 0 N–H and O–H groups in total. The van der Waals surface area contributed by atoms with Gasteiger partial charge in [0.25, 0.3) is 5.56 Å². The van der Waals surface area contributed by atoms with Crippen molar-refractivity contribution in [2.75, 3.05) is 20.3 Å². The van der Waals surface area contributed by atoms with Crippen LogP contribution in [0.1, 0.15) is 12.8 Å². The van der Waals surface area contributed by atoms with Crippen LogP contribution in [-0.2, 0) is 22.6 Å². The van der Waals surface area contributed by atoms with E-state index in [4.69, 9.17) is 9.47 Å². The molecule has 142 valence electrons. The molecule has 0 aliphatic carbocycles. The molecule has 1 saturated heterocycles. The molecule has 1 fully saturated rings. The number of hydrogen-bond donors (Lipinski definition) is 0. The zero-order valence-corrected chi connectivity index (χ0v) is 15.2. The molecule has 3 aromatic rings. The highest BCUT2D eigenvalue weighted by Gasteiger charge is 2.23. The van der Waals surface area contributed by atoms with Gasteiger partial charge in [-0.25, -0.2) is 14.3 Å². The Hall–Kier alpha value is -2.71. The van der Waals surface area contributed by atoms with Gasteiger partial charge in [0.2, 0.25) is 0 Å². The summed E-state index contributed by atoms with van der Waals surface area (Å²) in [5, 5.41) is 0. The van der Waals surface area contributed by atoms with Crippen LogP contribution in [0.5, 0.6) is 0 Å². The number of hydrogen-bond acceptors (Lipinski definition) is 5. The Bertz CT molecular complexity index is 1050. The Morgan fingerprint density at radius 3 is 2.78 bits per heavy atom. The Balaban J connectivity index is 1.95. The number of methoxy groups -OCH3 is 1. The lowest BCUT2D eigenvalue weighted by molar-refractivity contribution is 0.0950. The summed E-state index contributed by atoms with van der Waals surface area (Å²) in [5.41, 5.74) is 0.687. The molecule has 8 heteroatoms. The van der Waals surface area contributed by atoms with Gasteiger partial charge < -0.3 is 14.0 Å². The van der Waals surface area contributed by atoms with Gasteiger partial charge in [0.15, 0.2) is 11.2 Å². The molecule has 1 unspecified atom stereocenters. The molecule has 3 heterocycles. The van der Waals surface area contributed by atoms with Crippen molar-refractivity contribution >= 4 is 11.2 Å². The smallest absolute Gasteiger partial charge is 0.337 e. The van der Waals surface area contributed by atoms with Crippen LogP contribution in [0.15, 0.2) is 46.2 Å². The van der Waals surface area contributed by atoms with E-state index in [2.05, 4.69) is 4.98 Å². The summed E-state index contributed by atoms with van der Waals surface area (Å²) in [6.07, 6.45) is 3.26. The fourth-order valence-electron chi connectivity index (χ4n) is 3.50. The van der Waals surface area contributed by atoms with Crippen molar-refractivity contribution in [3.05, 3.63) is 57.5 Å². The third-order valence-electron chi connectivity index (χ3n) is 4.86. The van der Waals surface area contributed by atoms with Crippen molar-refractivity contribution in [1.29, 1.82) is 0 Å². The first-order valence-electron chi connectivity index (χ1n) is 9.07. The predicted octanol–water partition coefficient (Wildman–Crippen LogP) is 1.17. The standard InChI is InChI=1S/C19H22N4O4/c1-26-11-9-21-13-20-17-16(21)18(24)22(12-15-8-5-10-27-15)19(25)23(17)14-6-3-2-4-7-14/h2-4,6-7,13,15H,5,8-12H2,1H3. The van der Waals surface area contributed by atoms with Crippen molar-refractivity contribution in [1.82, 2.24) is 18.7 Å². The molecule has 0 amide bonds. The number of ether oxygens (including phenoxy) is 2. The lowest BCUT2D eigenvalue weighted by Crippen LogP contribution is -2.42. The first-order chi connectivity index (χ1) is 13.2. The second-order valence-electron chi connectivity index (χ2n) is 6.61. The largest absolute Gasteiger partial charge is 0.383 e. The summed E-state index contributed by atoms with van der Waals surface area (Å²) in [4.78, 5) is 30.7. The van der Waals surface area contributed by atoms with Gasteiger partial charge in [-0.3, -0.25) is 9.36 Å². The average Bonchev–Trinajstić information content (AvgIpc) is 3.34. The number of rotatable bonds is 6. The fraction of sp³-hybridized carbons (Fsp3) is 0.421. The Morgan fingerprint density at radius 1 is 1.26 bits per heavy atom. The van der Waals surface area contributed by atoms with E-state index >= 15 is 0 Å². The lowest BCUT2D eigenvalue weighted by atomic mass is 10.2. The van der Waals surface area contributed by atoms with Crippen LogP contribution in [0, 0.1) is 0 Å². The summed E-state index contributed by atoms with van der Waals surface area (Å²) >= 11 is 0. The number of nitrogens with zero attached hydrogens (tertiary/aromatic N) is 4. The van der Waals surface area contributed by atoms with E-state index in [0.717, 1.165) is 12.8 Å². The minimum Gasteiger partial charge on any atom is -0.383 e. The van der Waals surface area contributed by atoms with Crippen LogP contribution < -0.4 is 11.2 Å². The highest BCUT2D eigenvalue weighted by molar-refractivity contribution is 5.72. The highest BCUT2D eigenvalue weighted by Crippen LogP contribution is 2.15. The molecule has 0 saturated carbocycles. The van der Waals surface area contributed by atoms with Gasteiger partial charge in [-0.2, -0.15) is 0 Å². The zero-order valence-electron chi connectivity index (χ0n) is 15.2. The van der Waals surface area contributed by atoms with Gasteiger partial charge in [0.05, 0.1) is 31.3 Å². The molecule has 1 aromatic carbocycles.